The molecule has 0 saturated heterocycles. The Bertz CT molecular complexity index is 408. The quantitative estimate of drug-likeness (QED) is 0.768. The Kier molecular flexibility index (Phi) is 8.57. The average Bonchev–Trinajstić information content (AvgIpc) is 2.41. The van der Waals surface area contributed by atoms with Crippen molar-refractivity contribution >= 4 is 23.1 Å². The Morgan fingerprint density at radius 3 is 1.11 bits per heavy atom. The van der Waals surface area contributed by atoms with Gasteiger partial charge in [0.1, 0.15) is 11.5 Å². The largest absolute Gasteiger partial charge is 2.00 e. The van der Waals surface area contributed by atoms with Crippen molar-refractivity contribution < 1.29 is 19.7 Å². The van der Waals surface area contributed by atoms with E-state index in [0.29, 0.717) is 0 Å². The fourth-order valence-corrected chi connectivity index (χ4v) is 1.15. The molecule has 5 heteroatoms. The van der Waals surface area contributed by atoms with Crippen LogP contribution in [0.15, 0.2) is 48.5 Å². The van der Waals surface area contributed by atoms with Gasteiger partial charge in [0, 0.05) is 0 Å². The summed E-state index contributed by atoms with van der Waals surface area (Å²) in [5.41, 5.74) is 0. The maximum atomic E-state index is 10.5. The number of methoxy groups -OCH3 is 2. The van der Waals surface area contributed by atoms with Crippen molar-refractivity contribution in [1.29, 1.82) is 0 Å². The molecule has 0 aliphatic heterocycles. The summed E-state index contributed by atoms with van der Waals surface area (Å²) in [7, 11) is 3.14. The second-order valence-corrected chi connectivity index (χ2v) is 3.35. The van der Waals surface area contributed by atoms with Crippen molar-refractivity contribution in [3.8, 4) is 23.0 Å². The van der Waals surface area contributed by atoms with Gasteiger partial charge in [-0.2, -0.15) is 0 Å². The minimum Gasteiger partial charge on any atom is -0.872 e. The van der Waals surface area contributed by atoms with Gasteiger partial charge < -0.3 is 19.7 Å². The van der Waals surface area contributed by atoms with E-state index in [2.05, 4.69) is 0 Å². The van der Waals surface area contributed by atoms with Gasteiger partial charge in [-0.25, -0.2) is 0 Å². The normalized spacial score (nSPS) is 8.53. The average molecular weight is 271 g/mol. The summed E-state index contributed by atoms with van der Waals surface area (Å²) in [6.07, 6.45) is 0. The van der Waals surface area contributed by atoms with E-state index < -0.39 is 0 Å². The molecule has 0 amide bonds. The second kappa shape index (κ2) is 9.35. The predicted molar refractivity (Wildman–Crippen MR) is 70.6 cm³/mol. The molecule has 96 valence electrons. The molecule has 0 unspecified atom stereocenters. The number of hydrogen-bond donors (Lipinski definition) is 0. The van der Waals surface area contributed by atoms with Crippen LogP contribution in [0.2, 0.25) is 0 Å². The molecular formula is C14H14MgO4. The maximum absolute atomic E-state index is 10.5. The number of ether oxygens (including phenoxy) is 2. The van der Waals surface area contributed by atoms with Crippen LogP contribution in [-0.4, -0.2) is 37.3 Å². The molecule has 0 heterocycles. The van der Waals surface area contributed by atoms with E-state index >= 15 is 0 Å². The number of rotatable bonds is 2. The summed E-state index contributed by atoms with van der Waals surface area (Å²) in [6.45, 7) is 0. The third-order valence-electron chi connectivity index (χ3n) is 2.12. The van der Waals surface area contributed by atoms with Gasteiger partial charge in [0.05, 0.1) is 14.2 Å². The maximum Gasteiger partial charge on any atom is 2.00 e. The Labute approximate surface area is 128 Å². The van der Waals surface area contributed by atoms with E-state index in [4.69, 9.17) is 9.47 Å². The van der Waals surface area contributed by atoms with E-state index in [1.807, 2.05) is 0 Å². The van der Waals surface area contributed by atoms with Gasteiger partial charge in [-0.3, -0.25) is 0 Å². The third kappa shape index (κ3) is 6.78. The summed E-state index contributed by atoms with van der Waals surface area (Å²) in [6, 6.07) is 12.4. The first-order chi connectivity index (χ1) is 8.65. The van der Waals surface area contributed by atoms with Crippen molar-refractivity contribution in [2.24, 2.45) is 0 Å². The molecule has 4 nitrogen and oxygen atoms in total. The molecule has 0 aliphatic rings. The van der Waals surface area contributed by atoms with Gasteiger partial charge >= 0.3 is 23.1 Å². The standard InChI is InChI=1S/2C7H8O2.Mg/c2*1-9-7-4-2-6(8)3-5-7;/h2*2-5,8H,1H3;/q;;+2/p-2. The Hall–Kier alpha value is -1.59. The predicted octanol–water partition coefficient (Wildman–Crippen LogP) is 1.16. The first kappa shape index (κ1) is 17.4. The van der Waals surface area contributed by atoms with Crippen LogP contribution in [0.4, 0.5) is 0 Å². The van der Waals surface area contributed by atoms with Gasteiger partial charge in [-0.05, 0) is 24.3 Å². The van der Waals surface area contributed by atoms with Gasteiger partial charge in [0.15, 0.2) is 0 Å². The molecule has 19 heavy (non-hydrogen) atoms. The molecule has 0 fully saturated rings. The molecule has 2 rings (SSSR count). The van der Waals surface area contributed by atoms with E-state index in [1.165, 1.54) is 24.3 Å². The van der Waals surface area contributed by atoms with Crippen LogP contribution in [0.3, 0.4) is 0 Å². The summed E-state index contributed by atoms with van der Waals surface area (Å²) in [5, 5.41) is 21.0. The van der Waals surface area contributed by atoms with Gasteiger partial charge in [0.25, 0.3) is 0 Å². The molecule has 0 spiro atoms. The van der Waals surface area contributed by atoms with E-state index in [1.54, 1.807) is 38.5 Å². The van der Waals surface area contributed by atoms with Crippen LogP contribution < -0.4 is 19.7 Å². The van der Waals surface area contributed by atoms with Gasteiger partial charge in [0.2, 0.25) is 0 Å². The zero-order chi connectivity index (χ0) is 13.4. The van der Waals surface area contributed by atoms with Crippen molar-refractivity contribution in [3.05, 3.63) is 48.5 Å². The fourth-order valence-electron chi connectivity index (χ4n) is 1.15. The van der Waals surface area contributed by atoms with Gasteiger partial charge in [-0.15, -0.1) is 11.5 Å². The molecule has 2 aromatic rings. The topological polar surface area (TPSA) is 64.6 Å². The van der Waals surface area contributed by atoms with Crippen LogP contribution in [0.5, 0.6) is 23.0 Å². The Balaban J connectivity index is 0.000000324. The fraction of sp³-hybridized carbons (Fsp3) is 0.143. The minimum absolute atomic E-state index is 0. The van der Waals surface area contributed by atoms with Crippen LogP contribution in [0.1, 0.15) is 0 Å². The van der Waals surface area contributed by atoms with Crippen molar-refractivity contribution in [1.82, 2.24) is 0 Å². The smallest absolute Gasteiger partial charge is 0.872 e. The molecule has 0 radical (unpaired) electrons. The summed E-state index contributed by atoms with van der Waals surface area (Å²) in [5.74, 6) is 1.45. The molecule has 0 aliphatic carbocycles. The Morgan fingerprint density at radius 2 is 0.895 bits per heavy atom. The summed E-state index contributed by atoms with van der Waals surface area (Å²) >= 11 is 0. The van der Waals surface area contributed by atoms with E-state index in [0.717, 1.165) is 11.5 Å². The first-order valence-corrected chi connectivity index (χ1v) is 5.28. The first-order valence-electron chi connectivity index (χ1n) is 5.28. The molecule has 0 N–H and O–H groups in total. The number of hydrogen-bond acceptors (Lipinski definition) is 4. The van der Waals surface area contributed by atoms with E-state index in [9.17, 15) is 10.2 Å². The van der Waals surface area contributed by atoms with E-state index in [-0.39, 0.29) is 34.6 Å². The van der Waals surface area contributed by atoms with Crippen molar-refractivity contribution in [2.75, 3.05) is 14.2 Å². The zero-order valence-corrected chi connectivity index (χ0v) is 12.4. The molecule has 0 saturated carbocycles. The minimum atomic E-state index is 0. The zero-order valence-electron chi connectivity index (χ0n) is 11.0. The SMILES string of the molecule is COc1ccc([O-])cc1.COc1ccc([O-])cc1.[Mg+2]. The molecule has 0 aromatic heterocycles. The monoisotopic (exact) mass is 270 g/mol. The summed E-state index contributed by atoms with van der Waals surface area (Å²) < 4.78 is 9.66. The van der Waals surface area contributed by atoms with Gasteiger partial charge in [-0.1, -0.05) is 24.3 Å². The van der Waals surface area contributed by atoms with Crippen molar-refractivity contribution in [2.45, 2.75) is 0 Å². The van der Waals surface area contributed by atoms with Crippen LogP contribution >= 0.6 is 0 Å². The van der Waals surface area contributed by atoms with Crippen LogP contribution in [0, 0.1) is 0 Å². The summed E-state index contributed by atoms with van der Waals surface area (Å²) in [4.78, 5) is 0. The molecule has 2 aromatic carbocycles. The van der Waals surface area contributed by atoms with Crippen molar-refractivity contribution in [3.63, 3.8) is 0 Å². The third-order valence-corrected chi connectivity index (χ3v) is 2.12. The second-order valence-electron chi connectivity index (χ2n) is 3.35. The molecule has 0 atom stereocenters. The van der Waals surface area contributed by atoms with Crippen LogP contribution in [-0.2, 0) is 0 Å². The van der Waals surface area contributed by atoms with Crippen LogP contribution in [0.25, 0.3) is 0 Å². The molecule has 0 bridgehead atoms. The Morgan fingerprint density at radius 1 is 0.632 bits per heavy atom. The number of benzene rings is 2. The molecular weight excluding hydrogens is 256 g/mol.